The van der Waals surface area contributed by atoms with Gasteiger partial charge in [0.2, 0.25) is 0 Å². The first kappa shape index (κ1) is 12.9. The van der Waals surface area contributed by atoms with E-state index in [2.05, 4.69) is 10.4 Å². The van der Waals surface area contributed by atoms with Gasteiger partial charge in [0, 0.05) is 11.1 Å². The lowest BCUT2D eigenvalue weighted by Gasteiger charge is -2.12. The second-order valence-electron chi connectivity index (χ2n) is 5.03. The topological polar surface area (TPSA) is 39.2 Å². The molecule has 1 aliphatic carbocycles. The van der Waals surface area contributed by atoms with Crippen LogP contribution in [0.4, 0.5) is 0 Å². The van der Waals surface area contributed by atoms with Crippen LogP contribution in [0.2, 0.25) is 0 Å². The second kappa shape index (κ2) is 5.13. The van der Waals surface area contributed by atoms with Gasteiger partial charge in [-0.3, -0.25) is 4.79 Å². The summed E-state index contributed by atoms with van der Waals surface area (Å²) >= 11 is 3.38. The van der Waals surface area contributed by atoms with Crippen LogP contribution in [0.5, 0.6) is 0 Å². The van der Waals surface area contributed by atoms with Crippen molar-refractivity contribution in [1.29, 1.82) is 0 Å². The van der Waals surface area contributed by atoms with Gasteiger partial charge in [-0.2, -0.15) is 4.37 Å². The fraction of sp³-hybridized carbons (Fsp3) is 0.429. The molecule has 0 amide bonds. The van der Waals surface area contributed by atoms with Crippen LogP contribution in [0.3, 0.4) is 0 Å². The van der Waals surface area contributed by atoms with E-state index in [4.69, 9.17) is 4.74 Å². The quantitative estimate of drug-likeness (QED) is 0.622. The first-order valence-corrected chi connectivity index (χ1v) is 8.02. The minimum absolute atomic E-state index is 0.0905. The number of fused-ring (bicyclic) bond motifs is 1. The smallest absolute Gasteiger partial charge is 0.306 e. The molecule has 1 heterocycles. The number of thioether (sulfide) groups is 1. The van der Waals surface area contributed by atoms with E-state index >= 15 is 0 Å². The predicted octanol–water partition coefficient (Wildman–Crippen LogP) is 3.73. The normalized spacial score (nSPS) is 16.5. The molecule has 1 fully saturated rings. The van der Waals surface area contributed by atoms with E-state index in [1.54, 1.807) is 11.5 Å². The van der Waals surface area contributed by atoms with Crippen molar-refractivity contribution in [2.45, 2.75) is 23.5 Å². The highest BCUT2D eigenvalue weighted by molar-refractivity contribution is 8.01. The van der Waals surface area contributed by atoms with Crippen molar-refractivity contribution in [2.75, 3.05) is 12.9 Å². The van der Waals surface area contributed by atoms with Crippen LogP contribution in [-0.4, -0.2) is 23.2 Å². The first-order chi connectivity index (χ1) is 9.22. The Morgan fingerprint density at radius 1 is 1.47 bits per heavy atom. The molecule has 0 N–H and O–H groups in total. The van der Waals surface area contributed by atoms with Crippen molar-refractivity contribution in [3.05, 3.63) is 24.3 Å². The molecule has 100 valence electrons. The van der Waals surface area contributed by atoms with Crippen LogP contribution in [0.1, 0.15) is 19.3 Å². The molecule has 19 heavy (non-hydrogen) atoms. The molecule has 0 spiro atoms. The van der Waals surface area contributed by atoms with E-state index in [9.17, 15) is 4.79 Å². The lowest BCUT2D eigenvalue weighted by atomic mass is 10.1. The highest BCUT2D eigenvalue weighted by Gasteiger charge is 2.44. The number of rotatable bonds is 5. The molecule has 0 saturated heterocycles. The third kappa shape index (κ3) is 2.77. The molecule has 0 bridgehead atoms. The summed E-state index contributed by atoms with van der Waals surface area (Å²) in [4.78, 5) is 11.4. The highest BCUT2D eigenvalue weighted by Crippen LogP contribution is 2.52. The number of esters is 1. The molecule has 3 nitrogen and oxygen atoms in total. The molecule has 1 saturated carbocycles. The zero-order valence-corrected chi connectivity index (χ0v) is 12.4. The SMILES string of the molecule is COC(=O)CC1(CSc2snc3ccccc23)CC1. The van der Waals surface area contributed by atoms with Crippen LogP contribution in [0.25, 0.3) is 10.9 Å². The Bertz CT molecular complexity index is 604. The zero-order valence-electron chi connectivity index (χ0n) is 10.7. The summed E-state index contributed by atoms with van der Waals surface area (Å²) in [5.41, 5.74) is 1.23. The minimum atomic E-state index is -0.0905. The van der Waals surface area contributed by atoms with Gasteiger partial charge >= 0.3 is 5.97 Å². The second-order valence-corrected chi connectivity index (χ2v) is 7.05. The molecule has 1 aromatic carbocycles. The third-order valence-electron chi connectivity index (χ3n) is 3.56. The Morgan fingerprint density at radius 2 is 2.26 bits per heavy atom. The molecule has 2 aromatic rings. The summed E-state index contributed by atoms with van der Waals surface area (Å²) in [5.74, 6) is 0.890. The van der Waals surface area contributed by atoms with Gasteiger partial charge in [-0.05, 0) is 35.9 Å². The third-order valence-corrected chi connectivity index (χ3v) is 6.05. The summed E-state index contributed by atoms with van der Waals surface area (Å²) in [7, 11) is 1.46. The predicted molar refractivity (Wildman–Crippen MR) is 78.6 cm³/mol. The van der Waals surface area contributed by atoms with Crippen molar-refractivity contribution in [3.63, 3.8) is 0 Å². The monoisotopic (exact) mass is 293 g/mol. The van der Waals surface area contributed by atoms with E-state index in [1.807, 2.05) is 30.0 Å². The molecule has 1 aliphatic rings. The number of nitrogens with zero attached hydrogens (tertiary/aromatic N) is 1. The Kier molecular flexibility index (Phi) is 3.50. The number of aromatic nitrogens is 1. The van der Waals surface area contributed by atoms with Crippen molar-refractivity contribution in [1.82, 2.24) is 4.37 Å². The maximum absolute atomic E-state index is 11.4. The molecule has 3 rings (SSSR count). The number of methoxy groups -OCH3 is 1. The Balaban J connectivity index is 1.68. The van der Waals surface area contributed by atoms with Crippen molar-refractivity contribution >= 4 is 40.2 Å². The summed E-state index contributed by atoms with van der Waals surface area (Å²) < 4.78 is 10.5. The van der Waals surface area contributed by atoms with Gasteiger partial charge in [-0.25, -0.2) is 0 Å². The summed E-state index contributed by atoms with van der Waals surface area (Å²) in [6.45, 7) is 0. The highest BCUT2D eigenvalue weighted by atomic mass is 32.2. The van der Waals surface area contributed by atoms with Crippen LogP contribution in [-0.2, 0) is 9.53 Å². The van der Waals surface area contributed by atoms with Gasteiger partial charge < -0.3 is 4.74 Å². The maximum atomic E-state index is 11.4. The number of hydrogen-bond acceptors (Lipinski definition) is 5. The molecule has 0 radical (unpaired) electrons. The average Bonchev–Trinajstić information content (AvgIpc) is 3.07. The molecule has 0 atom stereocenters. The molecule has 0 aliphatic heterocycles. The summed E-state index contributed by atoms with van der Waals surface area (Å²) in [5, 5.41) is 1.23. The number of carbonyl (C=O) groups excluding carboxylic acids is 1. The van der Waals surface area contributed by atoms with E-state index in [-0.39, 0.29) is 11.4 Å². The Hall–Kier alpha value is -1.07. The summed E-state index contributed by atoms with van der Waals surface area (Å²) in [6, 6.07) is 8.20. The van der Waals surface area contributed by atoms with E-state index < -0.39 is 0 Å². The van der Waals surface area contributed by atoms with Gasteiger partial charge in [0.25, 0.3) is 0 Å². The molecule has 1 aromatic heterocycles. The van der Waals surface area contributed by atoms with Crippen LogP contribution < -0.4 is 0 Å². The van der Waals surface area contributed by atoms with Gasteiger partial charge in [-0.15, -0.1) is 11.8 Å². The fourth-order valence-electron chi connectivity index (χ4n) is 2.12. The van der Waals surface area contributed by atoms with Gasteiger partial charge in [0.15, 0.2) is 0 Å². The van der Waals surface area contributed by atoms with Crippen molar-refractivity contribution in [2.24, 2.45) is 5.41 Å². The lowest BCUT2D eigenvalue weighted by molar-refractivity contribution is -0.141. The van der Waals surface area contributed by atoms with Crippen LogP contribution in [0, 0.1) is 5.41 Å². The molecular weight excluding hydrogens is 278 g/mol. The van der Waals surface area contributed by atoms with Crippen molar-refractivity contribution < 1.29 is 9.53 Å². The molecule has 0 unspecified atom stereocenters. The largest absolute Gasteiger partial charge is 0.469 e. The average molecular weight is 293 g/mol. The lowest BCUT2D eigenvalue weighted by Crippen LogP contribution is -2.12. The number of hydrogen-bond donors (Lipinski definition) is 0. The van der Waals surface area contributed by atoms with E-state index in [1.165, 1.54) is 16.7 Å². The Labute approximate surface area is 120 Å². The van der Waals surface area contributed by atoms with Gasteiger partial charge in [0.05, 0.1) is 23.3 Å². The van der Waals surface area contributed by atoms with Crippen LogP contribution in [0.15, 0.2) is 28.5 Å². The number of benzene rings is 1. The zero-order chi connectivity index (χ0) is 13.3. The molecular formula is C14H15NO2S2. The summed E-state index contributed by atoms with van der Waals surface area (Å²) in [6.07, 6.45) is 2.81. The van der Waals surface area contributed by atoms with Gasteiger partial charge in [-0.1, -0.05) is 18.2 Å². The number of ether oxygens (including phenoxy) is 1. The maximum Gasteiger partial charge on any atom is 0.306 e. The Morgan fingerprint density at radius 3 is 3.00 bits per heavy atom. The standard InChI is InChI=1S/C14H15NO2S2/c1-17-12(16)8-14(6-7-14)9-18-13-10-4-2-3-5-11(10)15-19-13/h2-5H,6-9H2,1H3. The minimum Gasteiger partial charge on any atom is -0.469 e. The van der Waals surface area contributed by atoms with Gasteiger partial charge in [0.1, 0.15) is 0 Å². The molecule has 5 heteroatoms. The van der Waals surface area contributed by atoms with Crippen molar-refractivity contribution in [3.8, 4) is 0 Å². The number of carbonyl (C=O) groups is 1. The fourth-order valence-corrected chi connectivity index (χ4v) is 4.38. The van der Waals surface area contributed by atoms with Crippen LogP contribution >= 0.6 is 23.3 Å². The van der Waals surface area contributed by atoms with E-state index in [0.29, 0.717) is 6.42 Å². The van der Waals surface area contributed by atoms with E-state index in [0.717, 1.165) is 24.1 Å². The first-order valence-electron chi connectivity index (χ1n) is 6.26.